The molecule has 0 radical (unpaired) electrons. The number of hydrogen-bond acceptors (Lipinski definition) is 3. The van der Waals surface area contributed by atoms with Crippen molar-refractivity contribution < 1.29 is 4.79 Å². The zero-order valence-corrected chi connectivity index (χ0v) is 18.0. The highest BCUT2D eigenvalue weighted by atomic mass is 16.2. The molecule has 2 fully saturated rings. The largest absolute Gasteiger partial charge is 0.355 e. The predicted molar refractivity (Wildman–Crippen MR) is 113 cm³/mol. The van der Waals surface area contributed by atoms with E-state index in [1.54, 1.807) is 0 Å². The number of rotatable bonds is 6. The monoisotopic (exact) mass is 379 g/mol. The molecule has 0 aromatic heterocycles. The Bertz CT molecular complexity index is 485. The van der Waals surface area contributed by atoms with Gasteiger partial charge in [0.25, 0.3) is 0 Å². The quantitative estimate of drug-likeness (QED) is 0.377. The SMILES string of the molecule is CN=C(NCCNC(=O)C(C)(C)C)NCC1(N2CCCCC2)CCCCC1. The molecular formula is C21H41N5O. The van der Waals surface area contributed by atoms with Crippen LogP contribution in [0.3, 0.4) is 0 Å². The summed E-state index contributed by atoms with van der Waals surface area (Å²) in [6.45, 7) is 10.5. The van der Waals surface area contributed by atoms with Gasteiger partial charge in [-0.15, -0.1) is 0 Å². The number of hydrogen-bond donors (Lipinski definition) is 3. The Morgan fingerprint density at radius 1 is 0.926 bits per heavy atom. The van der Waals surface area contributed by atoms with Gasteiger partial charge in [0.05, 0.1) is 0 Å². The van der Waals surface area contributed by atoms with Crippen molar-refractivity contribution in [2.75, 3.05) is 39.8 Å². The van der Waals surface area contributed by atoms with Crippen molar-refractivity contribution in [2.45, 2.75) is 77.7 Å². The first-order chi connectivity index (χ1) is 12.9. The minimum atomic E-state index is -0.346. The summed E-state index contributed by atoms with van der Waals surface area (Å²) in [6.07, 6.45) is 10.7. The van der Waals surface area contributed by atoms with Crippen molar-refractivity contribution in [1.29, 1.82) is 0 Å². The lowest BCUT2D eigenvalue weighted by Crippen LogP contribution is -2.59. The lowest BCUT2D eigenvalue weighted by atomic mass is 9.79. The summed E-state index contributed by atoms with van der Waals surface area (Å²) in [7, 11) is 1.82. The molecule has 27 heavy (non-hydrogen) atoms. The molecule has 1 aliphatic heterocycles. The van der Waals surface area contributed by atoms with Crippen LogP contribution >= 0.6 is 0 Å². The van der Waals surface area contributed by atoms with E-state index in [1.807, 2.05) is 27.8 Å². The lowest BCUT2D eigenvalue weighted by molar-refractivity contribution is -0.128. The van der Waals surface area contributed by atoms with E-state index in [0.29, 0.717) is 13.1 Å². The number of nitrogens with zero attached hydrogens (tertiary/aromatic N) is 2. The van der Waals surface area contributed by atoms with Crippen LogP contribution in [0.5, 0.6) is 0 Å². The summed E-state index contributed by atoms with van der Waals surface area (Å²) in [6, 6.07) is 0. The van der Waals surface area contributed by atoms with Crippen LogP contribution in [0.4, 0.5) is 0 Å². The molecule has 6 heteroatoms. The molecule has 2 rings (SSSR count). The maximum absolute atomic E-state index is 11.9. The topological polar surface area (TPSA) is 68.8 Å². The van der Waals surface area contributed by atoms with Gasteiger partial charge in [-0.05, 0) is 38.8 Å². The third kappa shape index (κ3) is 6.66. The van der Waals surface area contributed by atoms with Crippen LogP contribution in [0.2, 0.25) is 0 Å². The fourth-order valence-electron chi connectivity index (χ4n) is 4.27. The van der Waals surface area contributed by atoms with Crippen LogP contribution in [-0.4, -0.2) is 62.1 Å². The maximum Gasteiger partial charge on any atom is 0.225 e. The van der Waals surface area contributed by atoms with Crippen molar-refractivity contribution in [3.8, 4) is 0 Å². The van der Waals surface area contributed by atoms with Gasteiger partial charge >= 0.3 is 0 Å². The van der Waals surface area contributed by atoms with Gasteiger partial charge in [-0.3, -0.25) is 14.7 Å². The van der Waals surface area contributed by atoms with Crippen LogP contribution in [0, 0.1) is 5.41 Å². The molecule has 0 aromatic carbocycles. The zero-order chi connectivity index (χ0) is 19.8. The molecule has 0 atom stereocenters. The molecule has 6 nitrogen and oxygen atoms in total. The molecule has 1 saturated heterocycles. The Balaban J connectivity index is 1.81. The molecule has 2 aliphatic rings. The first kappa shape index (κ1) is 22.0. The first-order valence-corrected chi connectivity index (χ1v) is 10.9. The van der Waals surface area contributed by atoms with E-state index in [1.165, 1.54) is 64.5 Å². The van der Waals surface area contributed by atoms with E-state index >= 15 is 0 Å². The number of amides is 1. The molecule has 0 spiro atoms. The molecule has 1 aliphatic carbocycles. The molecule has 0 aromatic rings. The Morgan fingerprint density at radius 3 is 2.11 bits per heavy atom. The van der Waals surface area contributed by atoms with Gasteiger partial charge in [0.1, 0.15) is 0 Å². The number of likely N-dealkylation sites (tertiary alicyclic amines) is 1. The van der Waals surface area contributed by atoms with Gasteiger partial charge in [-0.1, -0.05) is 46.5 Å². The fraction of sp³-hybridized carbons (Fsp3) is 0.905. The molecule has 1 heterocycles. The van der Waals surface area contributed by atoms with Crippen molar-refractivity contribution in [2.24, 2.45) is 10.4 Å². The Morgan fingerprint density at radius 2 is 1.52 bits per heavy atom. The van der Waals surface area contributed by atoms with Crippen molar-refractivity contribution >= 4 is 11.9 Å². The summed E-state index contributed by atoms with van der Waals surface area (Å²) < 4.78 is 0. The highest BCUT2D eigenvalue weighted by molar-refractivity contribution is 5.81. The van der Waals surface area contributed by atoms with E-state index in [4.69, 9.17) is 0 Å². The number of nitrogens with one attached hydrogen (secondary N) is 3. The van der Waals surface area contributed by atoms with Crippen molar-refractivity contribution in [1.82, 2.24) is 20.9 Å². The summed E-state index contributed by atoms with van der Waals surface area (Å²) in [4.78, 5) is 19.1. The summed E-state index contributed by atoms with van der Waals surface area (Å²) in [5, 5.41) is 9.90. The van der Waals surface area contributed by atoms with E-state index in [0.717, 1.165) is 12.5 Å². The van der Waals surface area contributed by atoms with Gasteiger partial charge in [-0.2, -0.15) is 0 Å². The number of carbonyl (C=O) groups is 1. The normalized spacial score (nSPS) is 21.6. The second-order valence-electron chi connectivity index (χ2n) is 9.19. The maximum atomic E-state index is 11.9. The average molecular weight is 380 g/mol. The van der Waals surface area contributed by atoms with Gasteiger partial charge < -0.3 is 16.0 Å². The third-order valence-corrected chi connectivity index (χ3v) is 6.00. The summed E-state index contributed by atoms with van der Waals surface area (Å²) in [5.41, 5.74) is -0.0571. The number of piperidine rings is 1. The zero-order valence-electron chi connectivity index (χ0n) is 18.0. The highest BCUT2D eigenvalue weighted by Crippen LogP contribution is 2.35. The minimum absolute atomic E-state index is 0.0819. The Hall–Kier alpha value is -1.30. The second kappa shape index (κ2) is 10.3. The van der Waals surface area contributed by atoms with Crippen LogP contribution in [0.1, 0.15) is 72.1 Å². The van der Waals surface area contributed by atoms with Crippen LogP contribution < -0.4 is 16.0 Å². The Labute approximate surface area is 165 Å². The summed E-state index contributed by atoms with van der Waals surface area (Å²) >= 11 is 0. The molecule has 0 unspecified atom stereocenters. The van der Waals surface area contributed by atoms with Gasteiger partial charge in [0.15, 0.2) is 5.96 Å². The molecule has 1 amide bonds. The molecule has 3 N–H and O–H groups in total. The lowest BCUT2D eigenvalue weighted by Gasteiger charge is -2.48. The highest BCUT2D eigenvalue weighted by Gasteiger charge is 2.38. The van der Waals surface area contributed by atoms with Gasteiger partial charge in [0, 0.05) is 37.6 Å². The molecule has 156 valence electrons. The third-order valence-electron chi connectivity index (χ3n) is 6.00. The van der Waals surface area contributed by atoms with Crippen LogP contribution in [0.25, 0.3) is 0 Å². The molecule has 1 saturated carbocycles. The van der Waals surface area contributed by atoms with Gasteiger partial charge in [-0.25, -0.2) is 0 Å². The standard InChI is InChI=1S/C21H41N5O/c1-20(2,3)18(27)23-13-14-24-19(22-4)25-17-21(11-7-5-8-12-21)26-15-9-6-10-16-26/h5-17H2,1-4H3,(H,23,27)(H2,22,24,25). The number of carbonyl (C=O) groups excluding carboxylic acids is 1. The smallest absolute Gasteiger partial charge is 0.225 e. The van der Waals surface area contributed by atoms with E-state index in [9.17, 15) is 4.79 Å². The average Bonchev–Trinajstić information content (AvgIpc) is 2.68. The van der Waals surface area contributed by atoms with Gasteiger partial charge in [0.2, 0.25) is 5.91 Å². The Kier molecular flexibility index (Phi) is 8.39. The number of guanidine groups is 1. The van der Waals surface area contributed by atoms with Crippen LogP contribution in [-0.2, 0) is 4.79 Å². The van der Waals surface area contributed by atoms with Crippen molar-refractivity contribution in [3.05, 3.63) is 0 Å². The fourth-order valence-corrected chi connectivity index (χ4v) is 4.27. The van der Waals surface area contributed by atoms with Crippen molar-refractivity contribution in [3.63, 3.8) is 0 Å². The van der Waals surface area contributed by atoms with E-state index in [-0.39, 0.29) is 16.9 Å². The number of aliphatic imine (C=N–C) groups is 1. The molecule has 0 bridgehead atoms. The summed E-state index contributed by atoms with van der Waals surface area (Å²) in [5.74, 6) is 0.917. The molecular weight excluding hydrogens is 338 g/mol. The second-order valence-corrected chi connectivity index (χ2v) is 9.19. The minimum Gasteiger partial charge on any atom is -0.355 e. The van der Waals surface area contributed by atoms with Crippen LogP contribution in [0.15, 0.2) is 4.99 Å². The predicted octanol–water partition coefficient (Wildman–Crippen LogP) is 2.50. The first-order valence-electron chi connectivity index (χ1n) is 10.9. The van der Waals surface area contributed by atoms with E-state index in [2.05, 4.69) is 25.8 Å². The van der Waals surface area contributed by atoms with E-state index < -0.39 is 0 Å².